The summed E-state index contributed by atoms with van der Waals surface area (Å²) in [7, 11) is 1.59. The lowest BCUT2D eigenvalue weighted by Crippen LogP contribution is -2.31. The molecule has 0 spiro atoms. The lowest BCUT2D eigenvalue weighted by molar-refractivity contribution is -0.123. The molecule has 0 saturated carbocycles. The molecular weight excluding hydrogens is 236 g/mol. The zero-order valence-electron chi connectivity index (χ0n) is 9.88. The highest BCUT2D eigenvalue weighted by molar-refractivity contribution is 5.94. The highest BCUT2D eigenvalue weighted by Gasteiger charge is 2.49. The quantitative estimate of drug-likeness (QED) is 0.693. The molecule has 1 fully saturated rings. The molecule has 96 valence electrons. The Kier molecular flexibility index (Phi) is 3.47. The Morgan fingerprint density at radius 3 is 2.50 bits per heavy atom. The molecule has 18 heavy (non-hydrogen) atoms. The fraction of sp³-hybridized carbons (Fsp3) is 0.333. The molecule has 1 aliphatic rings. The van der Waals surface area contributed by atoms with Gasteiger partial charge in [-0.3, -0.25) is 9.59 Å². The van der Waals surface area contributed by atoms with Crippen LogP contribution in [0.3, 0.4) is 0 Å². The first kappa shape index (κ1) is 12.4. The second-order valence-electron chi connectivity index (χ2n) is 3.95. The molecule has 1 aromatic rings. The van der Waals surface area contributed by atoms with Gasteiger partial charge in [-0.1, -0.05) is 12.1 Å². The van der Waals surface area contributed by atoms with Crippen LogP contribution in [0, 0.1) is 0 Å². The maximum absolute atomic E-state index is 11.5. The third-order valence-corrected chi connectivity index (χ3v) is 2.66. The Hall–Kier alpha value is -2.08. The average Bonchev–Trinajstić information content (AvgIpc) is 3.17. The Balaban J connectivity index is 1.81. The van der Waals surface area contributed by atoms with Gasteiger partial charge in [-0.15, -0.1) is 0 Å². The van der Waals surface area contributed by atoms with Gasteiger partial charge in [0.25, 0.3) is 5.91 Å². The van der Waals surface area contributed by atoms with Crippen molar-refractivity contribution in [1.29, 1.82) is 0 Å². The van der Waals surface area contributed by atoms with Crippen molar-refractivity contribution in [2.75, 3.05) is 7.11 Å². The maximum Gasteiger partial charge on any atom is 0.252 e. The minimum Gasteiger partial charge on any atom is -0.497 e. The molecule has 6 nitrogen and oxygen atoms in total. The van der Waals surface area contributed by atoms with E-state index in [1.165, 1.54) is 0 Å². The van der Waals surface area contributed by atoms with Crippen LogP contribution in [0.15, 0.2) is 24.3 Å². The predicted octanol–water partition coefficient (Wildman–Crippen LogP) is -0.436. The summed E-state index contributed by atoms with van der Waals surface area (Å²) in [4.78, 5) is 22.3. The van der Waals surface area contributed by atoms with Crippen molar-refractivity contribution in [2.45, 2.75) is 18.8 Å². The average molecular weight is 250 g/mol. The second kappa shape index (κ2) is 5.05. The molecule has 0 bridgehead atoms. The summed E-state index contributed by atoms with van der Waals surface area (Å²) in [5, 5.41) is 2.67. The Morgan fingerprint density at radius 2 is 2.00 bits per heavy atom. The number of primary amides is 1. The highest BCUT2D eigenvalue weighted by atomic mass is 16.6. The molecule has 1 heterocycles. The van der Waals surface area contributed by atoms with Crippen molar-refractivity contribution in [1.82, 2.24) is 5.32 Å². The van der Waals surface area contributed by atoms with E-state index in [1.807, 2.05) is 12.1 Å². The van der Waals surface area contributed by atoms with Gasteiger partial charge in [0.15, 0.2) is 12.2 Å². The van der Waals surface area contributed by atoms with Gasteiger partial charge in [-0.25, -0.2) is 0 Å². The minimum atomic E-state index is -0.777. The molecule has 0 aliphatic carbocycles. The topological polar surface area (TPSA) is 93.9 Å². The first-order valence-corrected chi connectivity index (χ1v) is 5.47. The molecule has 0 aromatic heterocycles. The van der Waals surface area contributed by atoms with Gasteiger partial charge in [-0.05, 0) is 17.7 Å². The lowest BCUT2D eigenvalue weighted by atomic mass is 10.2. The molecule has 2 atom stereocenters. The van der Waals surface area contributed by atoms with Crippen molar-refractivity contribution in [3.8, 4) is 5.75 Å². The van der Waals surface area contributed by atoms with Crippen LogP contribution >= 0.6 is 0 Å². The van der Waals surface area contributed by atoms with Crippen LogP contribution in [0.5, 0.6) is 5.75 Å². The Labute approximate surface area is 104 Å². The fourth-order valence-corrected chi connectivity index (χ4v) is 1.56. The fourth-order valence-electron chi connectivity index (χ4n) is 1.56. The molecule has 2 rings (SSSR count). The predicted molar refractivity (Wildman–Crippen MR) is 62.7 cm³/mol. The maximum atomic E-state index is 11.5. The van der Waals surface area contributed by atoms with E-state index in [4.69, 9.17) is 15.2 Å². The molecule has 1 saturated heterocycles. The van der Waals surface area contributed by atoms with Gasteiger partial charge in [0.05, 0.1) is 7.11 Å². The number of methoxy groups -OCH3 is 1. The van der Waals surface area contributed by atoms with Crippen LogP contribution in [0.25, 0.3) is 0 Å². The Bertz CT molecular complexity index is 458. The van der Waals surface area contributed by atoms with Crippen LogP contribution < -0.4 is 15.8 Å². The van der Waals surface area contributed by atoms with Crippen LogP contribution in [-0.4, -0.2) is 31.1 Å². The zero-order chi connectivity index (χ0) is 13.1. The summed E-state index contributed by atoms with van der Waals surface area (Å²) in [6, 6.07) is 7.31. The third kappa shape index (κ3) is 2.78. The molecule has 1 aromatic carbocycles. The number of ether oxygens (including phenoxy) is 2. The normalized spacial score (nSPS) is 21.2. The molecule has 2 amide bonds. The number of rotatable bonds is 5. The molecule has 0 unspecified atom stereocenters. The van der Waals surface area contributed by atoms with Crippen LogP contribution in [0.1, 0.15) is 5.56 Å². The number of nitrogens with two attached hydrogens (primary N) is 1. The molecular formula is C12H14N2O4. The summed E-state index contributed by atoms with van der Waals surface area (Å²) in [6.45, 7) is 0.369. The number of nitrogens with one attached hydrogen (secondary N) is 1. The summed E-state index contributed by atoms with van der Waals surface area (Å²) >= 11 is 0. The van der Waals surface area contributed by atoms with Crippen LogP contribution in [0.2, 0.25) is 0 Å². The van der Waals surface area contributed by atoms with E-state index in [0.29, 0.717) is 6.54 Å². The second-order valence-corrected chi connectivity index (χ2v) is 3.95. The number of carbonyl (C=O) groups is 2. The van der Waals surface area contributed by atoms with E-state index in [1.54, 1.807) is 19.2 Å². The SMILES string of the molecule is COc1ccc(CNC(=O)[C@@H]2O[C@@H]2C(N)=O)cc1. The largest absolute Gasteiger partial charge is 0.497 e. The van der Waals surface area contributed by atoms with Crippen LogP contribution in [0.4, 0.5) is 0 Å². The molecule has 1 aliphatic heterocycles. The van der Waals surface area contributed by atoms with Crippen molar-refractivity contribution >= 4 is 11.8 Å². The van der Waals surface area contributed by atoms with Crippen molar-refractivity contribution in [3.05, 3.63) is 29.8 Å². The van der Waals surface area contributed by atoms with E-state index in [0.717, 1.165) is 11.3 Å². The molecule has 0 radical (unpaired) electrons. The number of amides is 2. The zero-order valence-corrected chi connectivity index (χ0v) is 9.88. The number of carbonyl (C=O) groups excluding carboxylic acids is 2. The first-order chi connectivity index (χ1) is 8.61. The standard InChI is InChI=1S/C12H14N2O4/c1-17-8-4-2-7(3-5-8)6-14-12(16)10-9(18-10)11(13)15/h2-5,9-10H,6H2,1H3,(H2,13,15)(H,14,16)/t9-,10+/m0/s1. The highest BCUT2D eigenvalue weighted by Crippen LogP contribution is 2.21. The van der Waals surface area contributed by atoms with E-state index in [2.05, 4.69) is 5.32 Å². The Morgan fingerprint density at radius 1 is 1.33 bits per heavy atom. The first-order valence-electron chi connectivity index (χ1n) is 5.47. The van der Waals surface area contributed by atoms with Crippen molar-refractivity contribution in [2.24, 2.45) is 5.73 Å². The summed E-state index contributed by atoms with van der Waals surface area (Å²) in [6.07, 6.45) is -1.51. The van der Waals surface area contributed by atoms with E-state index in [9.17, 15) is 9.59 Å². The monoisotopic (exact) mass is 250 g/mol. The number of hydrogen-bond donors (Lipinski definition) is 2. The van der Waals surface area contributed by atoms with Gasteiger partial charge in [-0.2, -0.15) is 0 Å². The van der Waals surface area contributed by atoms with Gasteiger partial charge < -0.3 is 20.5 Å². The third-order valence-electron chi connectivity index (χ3n) is 2.66. The molecule has 3 N–H and O–H groups in total. The van der Waals surface area contributed by atoms with E-state index in [-0.39, 0.29) is 5.91 Å². The lowest BCUT2D eigenvalue weighted by Gasteiger charge is -2.04. The number of benzene rings is 1. The van der Waals surface area contributed by atoms with Crippen LogP contribution in [-0.2, 0) is 20.9 Å². The van der Waals surface area contributed by atoms with E-state index >= 15 is 0 Å². The summed E-state index contributed by atoms with van der Waals surface area (Å²) < 4.78 is 9.88. The van der Waals surface area contributed by atoms with Gasteiger partial charge >= 0.3 is 0 Å². The smallest absolute Gasteiger partial charge is 0.252 e. The summed E-state index contributed by atoms with van der Waals surface area (Å²) in [5.74, 6) is -0.182. The number of epoxide rings is 1. The van der Waals surface area contributed by atoms with Crippen molar-refractivity contribution < 1.29 is 19.1 Å². The van der Waals surface area contributed by atoms with Gasteiger partial charge in [0.2, 0.25) is 5.91 Å². The molecule has 6 heteroatoms. The minimum absolute atomic E-state index is 0.324. The summed E-state index contributed by atoms with van der Waals surface area (Å²) in [5.41, 5.74) is 5.94. The van der Waals surface area contributed by atoms with Gasteiger partial charge in [0, 0.05) is 6.54 Å². The van der Waals surface area contributed by atoms with Gasteiger partial charge in [0.1, 0.15) is 5.75 Å². The van der Waals surface area contributed by atoms with Crippen molar-refractivity contribution in [3.63, 3.8) is 0 Å². The number of hydrogen-bond acceptors (Lipinski definition) is 4. The van der Waals surface area contributed by atoms with E-state index < -0.39 is 18.1 Å².